The highest BCUT2D eigenvalue weighted by molar-refractivity contribution is 6.35. The first-order valence-corrected chi connectivity index (χ1v) is 18.1. The summed E-state index contributed by atoms with van der Waals surface area (Å²) in [7, 11) is 0. The number of aromatic nitrogens is 3. The molecule has 54 heavy (non-hydrogen) atoms. The van der Waals surface area contributed by atoms with E-state index in [0.29, 0.717) is 68.2 Å². The molecule has 0 aliphatic carbocycles. The molecule has 0 bridgehead atoms. The monoisotopic (exact) mass is 728 g/mol. The molecule has 5 aromatic rings. The molecule has 0 saturated carbocycles. The number of carbonyl (C=O) groups excluding carboxylic acids is 5. The van der Waals surface area contributed by atoms with Gasteiger partial charge in [-0.15, -0.1) is 0 Å². The number of Topliss-reactive ketones (excluding diaryl/α,β-unsaturated/α-hetero) is 1. The summed E-state index contributed by atoms with van der Waals surface area (Å²) >= 11 is 0. The summed E-state index contributed by atoms with van der Waals surface area (Å²) in [5.41, 5.74) is 6.70. The van der Waals surface area contributed by atoms with Crippen molar-refractivity contribution < 1.29 is 24.0 Å². The second kappa shape index (κ2) is 16.6. The van der Waals surface area contributed by atoms with Crippen molar-refractivity contribution in [3.63, 3.8) is 0 Å². The summed E-state index contributed by atoms with van der Waals surface area (Å²) in [4.78, 5) is 70.5. The molecule has 0 atom stereocenters. The lowest BCUT2D eigenvalue weighted by molar-refractivity contribution is -0.118. The zero-order valence-corrected chi connectivity index (χ0v) is 30.8. The summed E-state index contributed by atoms with van der Waals surface area (Å²) in [5, 5.41) is 16.4. The van der Waals surface area contributed by atoms with Crippen LogP contribution in [0.3, 0.4) is 0 Å². The molecule has 278 valence electrons. The van der Waals surface area contributed by atoms with Crippen LogP contribution in [0.2, 0.25) is 0 Å². The fourth-order valence-corrected chi connectivity index (χ4v) is 6.63. The molecule has 4 amide bonds. The molecule has 0 radical (unpaired) electrons. The SMILES string of the molecule is CCN(CC)CCNC(=O)c1c(C)[nH]c(/C=C2\C(=O)Nc3ccc(CC(=O)CCC(=O)n4ncc5ccc(NC(=O)Nc6ccccc6)cc54)cc32)c1C. The first-order chi connectivity index (χ1) is 26.0. The van der Waals surface area contributed by atoms with Crippen molar-refractivity contribution in [2.24, 2.45) is 0 Å². The van der Waals surface area contributed by atoms with Crippen molar-refractivity contribution in [3.8, 4) is 0 Å². The number of benzene rings is 3. The molecule has 0 spiro atoms. The molecule has 2 aromatic heterocycles. The van der Waals surface area contributed by atoms with Crippen LogP contribution in [0.4, 0.5) is 21.9 Å². The second-order valence-electron chi connectivity index (χ2n) is 13.2. The van der Waals surface area contributed by atoms with Crippen molar-refractivity contribution in [1.29, 1.82) is 0 Å². The lowest BCUT2D eigenvalue weighted by atomic mass is 9.98. The third kappa shape index (κ3) is 8.48. The number of fused-ring (bicyclic) bond motifs is 2. The lowest BCUT2D eigenvalue weighted by Crippen LogP contribution is -2.35. The number of amides is 4. The van der Waals surface area contributed by atoms with E-state index in [4.69, 9.17) is 0 Å². The van der Waals surface area contributed by atoms with Gasteiger partial charge < -0.3 is 31.2 Å². The average Bonchev–Trinajstić information content (AvgIpc) is 3.81. The first kappa shape index (κ1) is 37.4. The molecule has 0 saturated heterocycles. The maximum Gasteiger partial charge on any atom is 0.323 e. The summed E-state index contributed by atoms with van der Waals surface area (Å²) < 4.78 is 1.25. The number of hydrogen-bond acceptors (Lipinski definition) is 7. The largest absolute Gasteiger partial charge is 0.358 e. The summed E-state index contributed by atoms with van der Waals surface area (Å²) in [5.74, 6) is -0.945. The van der Waals surface area contributed by atoms with E-state index in [1.807, 2.05) is 38.1 Å². The fraction of sp³-hybridized carbons (Fsp3) is 0.268. The van der Waals surface area contributed by atoms with Gasteiger partial charge in [0.15, 0.2) is 0 Å². The van der Waals surface area contributed by atoms with Crippen LogP contribution in [0.25, 0.3) is 22.6 Å². The van der Waals surface area contributed by atoms with Crippen LogP contribution < -0.4 is 21.3 Å². The Morgan fingerprint density at radius 2 is 1.67 bits per heavy atom. The summed E-state index contributed by atoms with van der Waals surface area (Å²) in [6, 6.07) is 19.1. The van der Waals surface area contributed by atoms with Gasteiger partial charge in [-0.3, -0.25) is 19.2 Å². The minimum Gasteiger partial charge on any atom is -0.358 e. The molecule has 5 N–H and O–H groups in total. The van der Waals surface area contributed by atoms with Gasteiger partial charge in [-0.1, -0.05) is 38.1 Å². The Labute approximate surface area is 313 Å². The maximum atomic E-state index is 13.2. The highest BCUT2D eigenvalue weighted by atomic mass is 16.2. The van der Waals surface area contributed by atoms with Gasteiger partial charge in [-0.25, -0.2) is 9.48 Å². The predicted octanol–water partition coefficient (Wildman–Crippen LogP) is 6.42. The number of anilines is 3. The molecule has 1 aliphatic rings. The molecule has 13 heteroatoms. The average molecular weight is 729 g/mol. The van der Waals surface area contributed by atoms with E-state index in [-0.39, 0.29) is 42.8 Å². The number of ketones is 1. The van der Waals surface area contributed by atoms with Gasteiger partial charge in [0.1, 0.15) is 5.78 Å². The number of carbonyl (C=O) groups is 5. The van der Waals surface area contributed by atoms with Gasteiger partial charge in [-0.2, -0.15) is 5.10 Å². The number of rotatable bonds is 14. The number of para-hydroxylation sites is 1. The zero-order chi connectivity index (χ0) is 38.4. The number of urea groups is 1. The predicted molar refractivity (Wildman–Crippen MR) is 211 cm³/mol. The minimum atomic E-state index is -0.428. The highest BCUT2D eigenvalue weighted by Gasteiger charge is 2.26. The quantitative estimate of drug-likeness (QED) is 0.0822. The molecule has 0 fully saturated rings. The normalized spacial score (nSPS) is 12.9. The van der Waals surface area contributed by atoms with E-state index >= 15 is 0 Å². The number of H-pyrrole nitrogens is 1. The van der Waals surface area contributed by atoms with E-state index in [2.05, 4.69) is 50.1 Å². The topological polar surface area (TPSA) is 170 Å². The summed E-state index contributed by atoms with van der Waals surface area (Å²) in [6.07, 6.45) is 3.31. The molecule has 6 rings (SSSR count). The first-order valence-electron chi connectivity index (χ1n) is 18.1. The van der Waals surface area contributed by atoms with Gasteiger partial charge in [0, 0.05) is 71.8 Å². The molecule has 1 aliphatic heterocycles. The number of aromatic amines is 1. The van der Waals surface area contributed by atoms with Crippen LogP contribution in [0.1, 0.15) is 69.9 Å². The number of nitrogens with one attached hydrogen (secondary N) is 5. The van der Waals surface area contributed by atoms with Crippen LogP contribution in [-0.4, -0.2) is 75.4 Å². The summed E-state index contributed by atoms with van der Waals surface area (Å²) in [6.45, 7) is 11.0. The van der Waals surface area contributed by atoms with E-state index < -0.39 is 6.03 Å². The van der Waals surface area contributed by atoms with Gasteiger partial charge in [-0.05, 0) is 86.6 Å². The molecular weight excluding hydrogens is 685 g/mol. The molecular formula is C41H44N8O5. The van der Waals surface area contributed by atoms with Crippen LogP contribution in [0, 0.1) is 13.8 Å². The highest BCUT2D eigenvalue weighted by Crippen LogP contribution is 2.35. The van der Waals surface area contributed by atoms with Gasteiger partial charge in [0.05, 0.1) is 22.9 Å². The lowest BCUT2D eigenvalue weighted by Gasteiger charge is -2.18. The Morgan fingerprint density at radius 1 is 0.907 bits per heavy atom. The van der Waals surface area contributed by atoms with Crippen LogP contribution >= 0.6 is 0 Å². The second-order valence-corrected chi connectivity index (χ2v) is 13.2. The number of nitrogens with zero attached hydrogens (tertiary/aromatic N) is 3. The van der Waals surface area contributed by atoms with Crippen molar-refractivity contribution in [2.75, 3.05) is 42.1 Å². The molecule has 3 aromatic carbocycles. The third-order valence-corrected chi connectivity index (χ3v) is 9.58. The van der Waals surface area contributed by atoms with E-state index in [0.717, 1.165) is 25.2 Å². The van der Waals surface area contributed by atoms with Crippen molar-refractivity contribution in [1.82, 2.24) is 25.0 Å². The fourth-order valence-electron chi connectivity index (χ4n) is 6.63. The van der Waals surface area contributed by atoms with Crippen LogP contribution in [0.15, 0.2) is 72.9 Å². The zero-order valence-electron chi connectivity index (χ0n) is 30.8. The molecule has 3 heterocycles. The van der Waals surface area contributed by atoms with Gasteiger partial charge in [0.25, 0.3) is 11.8 Å². The van der Waals surface area contributed by atoms with E-state index in [1.165, 1.54) is 4.68 Å². The molecule has 13 nitrogen and oxygen atoms in total. The Balaban J connectivity index is 1.09. The van der Waals surface area contributed by atoms with Gasteiger partial charge in [0.2, 0.25) is 5.91 Å². The Morgan fingerprint density at radius 3 is 2.43 bits per heavy atom. The number of aryl methyl sites for hydroxylation is 1. The molecule has 0 unspecified atom stereocenters. The van der Waals surface area contributed by atoms with Crippen LogP contribution in [0.5, 0.6) is 0 Å². The van der Waals surface area contributed by atoms with Crippen molar-refractivity contribution in [3.05, 3.63) is 107 Å². The minimum absolute atomic E-state index is 0.00468. The maximum absolute atomic E-state index is 13.2. The van der Waals surface area contributed by atoms with E-state index in [9.17, 15) is 24.0 Å². The van der Waals surface area contributed by atoms with Gasteiger partial charge >= 0.3 is 6.03 Å². The smallest absolute Gasteiger partial charge is 0.323 e. The third-order valence-electron chi connectivity index (χ3n) is 9.58. The Bertz CT molecular complexity index is 2270. The number of hydrogen-bond donors (Lipinski definition) is 5. The van der Waals surface area contributed by atoms with Crippen LogP contribution in [-0.2, 0) is 16.0 Å². The van der Waals surface area contributed by atoms with Crippen molar-refractivity contribution in [2.45, 2.75) is 47.0 Å². The van der Waals surface area contributed by atoms with E-state index in [1.54, 1.807) is 54.7 Å². The Hall–Kier alpha value is -6.34. The Kier molecular flexibility index (Phi) is 11.5. The van der Waals surface area contributed by atoms with Crippen molar-refractivity contribution >= 4 is 69.2 Å². The standard InChI is InChI=1S/C41H44N8O5/c1-5-48(6-2)19-18-42-40(53)38-25(3)35(44-26(38)4)23-33-32-21-27(12-16-34(32)47-39(33)52)20-31(50)15-17-37(51)49-36-22-30(14-13-28(36)24-43-49)46-41(54)45-29-10-8-7-9-11-29/h7-14,16,21-24,44H,5-6,15,17-20H2,1-4H3,(H,42,53)(H,47,52)(H2,45,46,54)/b33-23-. The number of likely N-dealkylation sites (N-methyl/N-ethyl adjacent to an activating group) is 1.